The summed E-state index contributed by atoms with van der Waals surface area (Å²) in [7, 11) is 0. The zero-order valence-electron chi connectivity index (χ0n) is 9.88. The molecule has 0 aliphatic rings. The van der Waals surface area contributed by atoms with E-state index in [2.05, 4.69) is 21.5 Å². The number of nitrogens with zero attached hydrogens (tertiary/aromatic N) is 2. The van der Waals surface area contributed by atoms with Crippen LogP contribution in [0.15, 0.2) is 16.3 Å². The van der Waals surface area contributed by atoms with Crippen LogP contribution in [0.2, 0.25) is 0 Å². The van der Waals surface area contributed by atoms with Crippen molar-refractivity contribution in [2.24, 2.45) is 0 Å². The molecule has 4 nitrogen and oxygen atoms in total. The standard InChI is InChI=1S/C11H13N3OS3/c1-16-4-2-3-12-10(15)8-6-18-11(14-8)9-5-17-7-13-9/h5-7H,2-4H2,1H3,(H,12,15). The van der Waals surface area contributed by atoms with Gasteiger partial charge in [-0.15, -0.1) is 22.7 Å². The number of thioether (sulfide) groups is 1. The SMILES string of the molecule is CSCCCNC(=O)c1csc(-c2cscn2)n1. The lowest BCUT2D eigenvalue weighted by molar-refractivity contribution is 0.0949. The molecule has 0 bridgehead atoms. The van der Waals surface area contributed by atoms with Crippen molar-refractivity contribution >= 4 is 40.3 Å². The fraction of sp³-hybridized carbons (Fsp3) is 0.364. The molecule has 2 heterocycles. The molecule has 0 aliphatic heterocycles. The van der Waals surface area contributed by atoms with Gasteiger partial charge in [-0.1, -0.05) is 0 Å². The number of thiazole rings is 2. The second kappa shape index (κ2) is 6.86. The van der Waals surface area contributed by atoms with Gasteiger partial charge in [0.05, 0.1) is 5.51 Å². The van der Waals surface area contributed by atoms with Crippen molar-refractivity contribution in [3.05, 3.63) is 22.0 Å². The van der Waals surface area contributed by atoms with Gasteiger partial charge in [0, 0.05) is 17.3 Å². The molecule has 0 aliphatic carbocycles. The van der Waals surface area contributed by atoms with Gasteiger partial charge in [-0.05, 0) is 18.4 Å². The third-order valence-electron chi connectivity index (χ3n) is 2.20. The van der Waals surface area contributed by atoms with Crippen LogP contribution < -0.4 is 5.32 Å². The Labute approximate surface area is 118 Å². The van der Waals surface area contributed by atoms with Gasteiger partial charge < -0.3 is 5.32 Å². The quantitative estimate of drug-likeness (QED) is 0.833. The summed E-state index contributed by atoms with van der Waals surface area (Å²) in [6, 6.07) is 0. The molecule has 2 rings (SSSR count). The van der Waals surface area contributed by atoms with Gasteiger partial charge in [0.15, 0.2) is 0 Å². The van der Waals surface area contributed by atoms with Gasteiger partial charge in [0.1, 0.15) is 16.4 Å². The van der Waals surface area contributed by atoms with Gasteiger partial charge in [0.25, 0.3) is 5.91 Å². The lowest BCUT2D eigenvalue weighted by atomic mass is 10.4. The van der Waals surface area contributed by atoms with Crippen molar-refractivity contribution in [1.29, 1.82) is 0 Å². The van der Waals surface area contributed by atoms with E-state index in [1.807, 2.05) is 5.38 Å². The Morgan fingerprint density at radius 3 is 3.11 bits per heavy atom. The fourth-order valence-electron chi connectivity index (χ4n) is 1.32. The molecule has 0 radical (unpaired) electrons. The Kier molecular flexibility index (Phi) is 5.15. The Balaban J connectivity index is 1.91. The molecular formula is C11H13N3OS3. The van der Waals surface area contributed by atoms with Crippen molar-refractivity contribution in [1.82, 2.24) is 15.3 Å². The lowest BCUT2D eigenvalue weighted by Crippen LogP contribution is -2.25. The number of carbonyl (C=O) groups excluding carboxylic acids is 1. The normalized spacial score (nSPS) is 10.5. The van der Waals surface area contributed by atoms with Crippen molar-refractivity contribution in [2.45, 2.75) is 6.42 Å². The molecule has 1 N–H and O–H groups in total. The first-order valence-corrected chi connectivity index (χ1v) is 8.64. The van der Waals surface area contributed by atoms with Crippen molar-refractivity contribution in [3.8, 4) is 10.7 Å². The molecule has 2 aromatic rings. The van der Waals surface area contributed by atoms with E-state index in [9.17, 15) is 4.79 Å². The molecule has 0 saturated heterocycles. The van der Waals surface area contributed by atoms with Crippen LogP contribution in [-0.4, -0.2) is 34.4 Å². The zero-order valence-corrected chi connectivity index (χ0v) is 12.3. The summed E-state index contributed by atoms with van der Waals surface area (Å²) in [5.41, 5.74) is 3.08. The van der Waals surface area contributed by atoms with Gasteiger partial charge in [-0.25, -0.2) is 9.97 Å². The van der Waals surface area contributed by atoms with E-state index in [4.69, 9.17) is 0 Å². The Morgan fingerprint density at radius 1 is 1.50 bits per heavy atom. The van der Waals surface area contributed by atoms with Gasteiger partial charge in [-0.2, -0.15) is 11.8 Å². The van der Waals surface area contributed by atoms with Crippen LogP contribution in [0.3, 0.4) is 0 Å². The molecule has 0 spiro atoms. The van der Waals surface area contributed by atoms with Crippen LogP contribution in [0.25, 0.3) is 10.7 Å². The second-order valence-electron chi connectivity index (χ2n) is 3.51. The van der Waals surface area contributed by atoms with Crippen molar-refractivity contribution in [2.75, 3.05) is 18.6 Å². The average Bonchev–Trinajstić information content (AvgIpc) is 3.03. The minimum Gasteiger partial charge on any atom is -0.351 e. The molecule has 0 unspecified atom stereocenters. The predicted octanol–water partition coefficient (Wildman–Crippen LogP) is 2.75. The molecule has 0 atom stereocenters. The number of nitrogens with one attached hydrogen (secondary N) is 1. The van der Waals surface area contributed by atoms with Gasteiger partial charge >= 0.3 is 0 Å². The highest BCUT2D eigenvalue weighted by atomic mass is 32.2. The summed E-state index contributed by atoms with van der Waals surface area (Å²) in [5, 5.41) is 7.37. The predicted molar refractivity (Wildman–Crippen MR) is 78.6 cm³/mol. The van der Waals surface area contributed by atoms with E-state index < -0.39 is 0 Å². The zero-order chi connectivity index (χ0) is 12.8. The minimum atomic E-state index is -0.103. The number of amides is 1. The number of rotatable bonds is 6. The first kappa shape index (κ1) is 13.5. The number of hydrogen-bond acceptors (Lipinski definition) is 6. The Bertz CT molecular complexity index is 495. The van der Waals surface area contributed by atoms with Crippen LogP contribution in [0.1, 0.15) is 16.9 Å². The van der Waals surface area contributed by atoms with Gasteiger partial charge in [0.2, 0.25) is 0 Å². The number of hydrogen-bond donors (Lipinski definition) is 1. The summed E-state index contributed by atoms with van der Waals surface area (Å²) in [5.74, 6) is 0.954. The average molecular weight is 299 g/mol. The highest BCUT2D eigenvalue weighted by molar-refractivity contribution is 7.98. The van der Waals surface area contributed by atoms with E-state index in [-0.39, 0.29) is 5.91 Å². The highest BCUT2D eigenvalue weighted by Crippen LogP contribution is 2.23. The molecule has 96 valence electrons. The van der Waals surface area contributed by atoms with Crippen molar-refractivity contribution in [3.63, 3.8) is 0 Å². The summed E-state index contributed by atoms with van der Waals surface area (Å²) >= 11 is 4.75. The summed E-state index contributed by atoms with van der Waals surface area (Å²) in [6.07, 6.45) is 3.04. The van der Waals surface area contributed by atoms with E-state index in [1.165, 1.54) is 22.7 Å². The molecule has 2 aromatic heterocycles. The molecule has 0 aromatic carbocycles. The Morgan fingerprint density at radius 2 is 2.39 bits per heavy atom. The largest absolute Gasteiger partial charge is 0.351 e. The molecule has 1 amide bonds. The minimum absolute atomic E-state index is 0.103. The number of aromatic nitrogens is 2. The number of carbonyl (C=O) groups is 1. The van der Waals surface area contributed by atoms with Crippen LogP contribution in [0.4, 0.5) is 0 Å². The van der Waals surface area contributed by atoms with Crippen LogP contribution in [0.5, 0.6) is 0 Å². The maximum atomic E-state index is 11.8. The summed E-state index contributed by atoms with van der Waals surface area (Å²) < 4.78 is 0. The van der Waals surface area contributed by atoms with E-state index >= 15 is 0 Å². The van der Waals surface area contributed by atoms with E-state index in [1.54, 1.807) is 22.7 Å². The molecule has 18 heavy (non-hydrogen) atoms. The van der Waals surface area contributed by atoms with E-state index in [0.717, 1.165) is 22.9 Å². The smallest absolute Gasteiger partial charge is 0.270 e. The summed E-state index contributed by atoms with van der Waals surface area (Å²) in [4.78, 5) is 20.3. The first-order chi connectivity index (χ1) is 8.81. The third kappa shape index (κ3) is 3.54. The fourth-order valence-corrected chi connectivity index (χ4v) is 3.13. The molecule has 0 saturated carbocycles. The first-order valence-electron chi connectivity index (χ1n) is 5.42. The third-order valence-corrected chi connectivity index (χ3v) is 4.35. The van der Waals surface area contributed by atoms with Gasteiger partial charge in [-0.3, -0.25) is 4.79 Å². The van der Waals surface area contributed by atoms with Crippen LogP contribution in [0, 0.1) is 0 Å². The monoisotopic (exact) mass is 299 g/mol. The lowest BCUT2D eigenvalue weighted by Gasteiger charge is -2.01. The second-order valence-corrected chi connectivity index (χ2v) is 6.08. The molecule has 0 fully saturated rings. The summed E-state index contributed by atoms with van der Waals surface area (Å²) in [6.45, 7) is 0.698. The maximum absolute atomic E-state index is 11.8. The molecule has 7 heteroatoms. The Hall–Kier alpha value is -0.920. The maximum Gasteiger partial charge on any atom is 0.270 e. The van der Waals surface area contributed by atoms with Crippen LogP contribution in [-0.2, 0) is 0 Å². The van der Waals surface area contributed by atoms with E-state index in [0.29, 0.717) is 12.2 Å². The van der Waals surface area contributed by atoms with Crippen molar-refractivity contribution < 1.29 is 4.79 Å². The molecular weight excluding hydrogens is 286 g/mol. The topological polar surface area (TPSA) is 54.9 Å². The van der Waals surface area contributed by atoms with Crippen LogP contribution >= 0.6 is 34.4 Å². The highest BCUT2D eigenvalue weighted by Gasteiger charge is 2.12.